The van der Waals surface area contributed by atoms with Gasteiger partial charge in [-0.25, -0.2) is 14.2 Å². The number of anilines is 1. The fraction of sp³-hybridized carbons (Fsp3) is 0.273. The molecule has 1 fully saturated rings. The highest BCUT2D eigenvalue weighted by Crippen LogP contribution is 2.35. The molecule has 214 valence electrons. The minimum atomic E-state index is -0.557. The molecule has 0 unspecified atom stereocenters. The zero-order valence-electron chi connectivity index (χ0n) is 23.9. The largest absolute Gasteiger partial charge is 0.462 e. The Kier molecular flexibility index (Phi) is 8.74. The Morgan fingerprint density at radius 3 is 2.33 bits per heavy atom. The molecule has 3 aromatic carbocycles. The lowest BCUT2D eigenvalue weighted by Gasteiger charge is -2.34. The van der Waals surface area contributed by atoms with Crippen LogP contribution in [0.15, 0.2) is 66.9 Å². The molecule has 1 saturated heterocycles. The minimum absolute atomic E-state index is 0.129. The van der Waals surface area contributed by atoms with E-state index < -0.39 is 5.97 Å². The van der Waals surface area contributed by atoms with Crippen LogP contribution in [0.3, 0.4) is 0 Å². The first-order valence-electron chi connectivity index (χ1n) is 13.9. The number of carbonyl (C=O) groups excluding carboxylic acids is 1. The van der Waals surface area contributed by atoms with Crippen molar-refractivity contribution in [2.75, 3.05) is 37.7 Å². The second-order valence-corrected chi connectivity index (χ2v) is 10.2. The van der Waals surface area contributed by atoms with E-state index in [-0.39, 0.29) is 23.9 Å². The van der Waals surface area contributed by atoms with E-state index in [1.54, 1.807) is 25.1 Å². The van der Waals surface area contributed by atoms with Crippen molar-refractivity contribution in [3.05, 3.63) is 100 Å². The van der Waals surface area contributed by atoms with Crippen molar-refractivity contribution >= 4 is 11.9 Å². The molecular weight excluding hydrogens is 533 g/mol. The number of carbonyl (C=O) groups is 1. The smallest absolute Gasteiger partial charge is 0.345 e. The number of rotatable bonds is 8. The van der Waals surface area contributed by atoms with Gasteiger partial charge in [-0.1, -0.05) is 30.3 Å². The Morgan fingerprint density at radius 2 is 1.69 bits per heavy atom. The standard InChI is InChI=1S/C33H32FN5O3/c1-4-41-32(40)28-20-36-33(39-15-13-38(14-16-39)21-26-7-5-6-8-29(26)34)37-31(28)42-30-22(2)17-27(18-23(30)3)25-11-9-24(19-35)10-12-25/h5-12,17-18,20H,4,13-16,21H2,1-3H3. The van der Waals surface area contributed by atoms with Gasteiger partial charge in [-0.2, -0.15) is 10.2 Å². The lowest BCUT2D eigenvalue weighted by molar-refractivity contribution is 0.0522. The molecule has 4 aromatic rings. The van der Waals surface area contributed by atoms with E-state index in [1.807, 2.05) is 55.1 Å². The zero-order valence-corrected chi connectivity index (χ0v) is 23.9. The predicted molar refractivity (Wildman–Crippen MR) is 158 cm³/mol. The number of benzene rings is 3. The molecule has 1 aliphatic heterocycles. The molecule has 0 atom stereocenters. The van der Waals surface area contributed by atoms with Gasteiger partial charge in [0, 0.05) is 38.3 Å². The van der Waals surface area contributed by atoms with Crippen molar-refractivity contribution in [2.45, 2.75) is 27.3 Å². The van der Waals surface area contributed by atoms with Crippen molar-refractivity contribution in [1.82, 2.24) is 14.9 Å². The van der Waals surface area contributed by atoms with Gasteiger partial charge in [0.1, 0.15) is 17.1 Å². The predicted octanol–water partition coefficient (Wildman–Crippen LogP) is 6.06. The van der Waals surface area contributed by atoms with Gasteiger partial charge in [-0.15, -0.1) is 0 Å². The van der Waals surface area contributed by atoms with Crippen molar-refractivity contribution in [3.8, 4) is 28.8 Å². The third kappa shape index (κ3) is 6.40. The number of nitriles is 1. The Balaban J connectivity index is 1.38. The second kappa shape index (κ2) is 12.8. The van der Waals surface area contributed by atoms with Crippen molar-refractivity contribution in [2.24, 2.45) is 0 Å². The molecule has 0 bridgehead atoms. The topological polar surface area (TPSA) is 91.6 Å². The van der Waals surface area contributed by atoms with Crippen LogP contribution in [0.2, 0.25) is 0 Å². The SMILES string of the molecule is CCOC(=O)c1cnc(N2CCN(Cc3ccccc3F)CC2)nc1Oc1c(C)cc(-c2ccc(C#N)cc2)cc1C. The second-order valence-electron chi connectivity index (χ2n) is 10.2. The first-order chi connectivity index (χ1) is 20.4. The van der Waals surface area contributed by atoms with E-state index in [9.17, 15) is 9.18 Å². The molecule has 8 nitrogen and oxygen atoms in total. The van der Waals surface area contributed by atoms with E-state index in [4.69, 9.17) is 14.7 Å². The van der Waals surface area contributed by atoms with Crippen molar-refractivity contribution < 1.29 is 18.7 Å². The molecule has 0 spiro atoms. The summed E-state index contributed by atoms with van der Waals surface area (Å²) in [5.41, 5.74) is 5.13. The molecule has 0 aliphatic carbocycles. The number of hydrogen-bond donors (Lipinski definition) is 0. The molecule has 0 amide bonds. The summed E-state index contributed by atoms with van der Waals surface area (Å²) < 4.78 is 25.7. The Bertz CT molecular complexity index is 1600. The lowest BCUT2D eigenvalue weighted by Crippen LogP contribution is -2.46. The Morgan fingerprint density at radius 1 is 1.00 bits per heavy atom. The van der Waals surface area contributed by atoms with Crippen LogP contribution in [-0.4, -0.2) is 53.6 Å². The van der Waals surface area contributed by atoms with Crippen molar-refractivity contribution in [1.29, 1.82) is 5.26 Å². The van der Waals surface area contributed by atoms with Gasteiger partial charge in [0.25, 0.3) is 0 Å². The normalized spacial score (nSPS) is 13.5. The summed E-state index contributed by atoms with van der Waals surface area (Å²) in [6, 6.07) is 20.4. The number of piperazine rings is 1. The molecule has 1 aromatic heterocycles. The highest BCUT2D eigenvalue weighted by molar-refractivity contribution is 5.91. The van der Waals surface area contributed by atoms with Crippen LogP contribution in [0.4, 0.5) is 10.3 Å². The molecule has 5 rings (SSSR count). The molecule has 9 heteroatoms. The average Bonchev–Trinajstić information content (AvgIpc) is 3.00. The fourth-order valence-corrected chi connectivity index (χ4v) is 5.02. The van der Waals surface area contributed by atoms with E-state index in [1.165, 1.54) is 12.3 Å². The van der Waals surface area contributed by atoms with E-state index in [2.05, 4.69) is 20.9 Å². The van der Waals surface area contributed by atoms with Gasteiger partial charge in [0.15, 0.2) is 0 Å². The number of esters is 1. The summed E-state index contributed by atoms with van der Waals surface area (Å²) in [6.07, 6.45) is 1.46. The number of hydrogen-bond acceptors (Lipinski definition) is 8. The first kappa shape index (κ1) is 28.7. The van der Waals surface area contributed by atoms with Gasteiger partial charge >= 0.3 is 5.97 Å². The quantitative estimate of drug-likeness (QED) is 0.238. The molecular formula is C33H32FN5O3. The summed E-state index contributed by atoms with van der Waals surface area (Å²) in [5, 5.41) is 9.11. The third-order valence-corrected chi connectivity index (χ3v) is 7.25. The first-order valence-corrected chi connectivity index (χ1v) is 13.9. The number of aromatic nitrogens is 2. The van der Waals surface area contributed by atoms with Gasteiger partial charge in [-0.3, -0.25) is 4.90 Å². The van der Waals surface area contributed by atoms with Crippen LogP contribution in [-0.2, 0) is 11.3 Å². The summed E-state index contributed by atoms with van der Waals surface area (Å²) in [7, 11) is 0. The van der Waals surface area contributed by atoms with E-state index >= 15 is 0 Å². The number of nitrogens with zero attached hydrogens (tertiary/aromatic N) is 5. The lowest BCUT2D eigenvalue weighted by atomic mass is 9.99. The van der Waals surface area contributed by atoms with Gasteiger partial charge in [-0.05, 0) is 73.4 Å². The van der Waals surface area contributed by atoms with Crippen molar-refractivity contribution in [3.63, 3.8) is 0 Å². The van der Waals surface area contributed by atoms with E-state index in [0.717, 1.165) is 22.3 Å². The highest BCUT2D eigenvalue weighted by atomic mass is 19.1. The maximum atomic E-state index is 14.1. The van der Waals surface area contributed by atoms with Gasteiger partial charge in [0.05, 0.1) is 24.4 Å². The van der Waals surface area contributed by atoms with Gasteiger partial charge < -0.3 is 14.4 Å². The molecule has 42 heavy (non-hydrogen) atoms. The maximum absolute atomic E-state index is 14.1. The number of aryl methyl sites for hydroxylation is 2. The van der Waals surface area contributed by atoms with Crippen LogP contribution < -0.4 is 9.64 Å². The molecule has 0 saturated carbocycles. The number of halogens is 1. The van der Waals surface area contributed by atoms with Crippen LogP contribution in [0.25, 0.3) is 11.1 Å². The number of ether oxygens (including phenoxy) is 2. The van der Waals surface area contributed by atoms with Crippen LogP contribution in [0.1, 0.15) is 39.5 Å². The molecule has 2 heterocycles. The summed E-state index contributed by atoms with van der Waals surface area (Å²) in [6.45, 7) is 9.08. The van der Waals surface area contributed by atoms with Crippen LogP contribution in [0, 0.1) is 31.0 Å². The zero-order chi connectivity index (χ0) is 29.6. The Hall–Kier alpha value is -4.81. The Labute approximate surface area is 245 Å². The molecule has 1 aliphatic rings. The monoisotopic (exact) mass is 565 g/mol. The average molecular weight is 566 g/mol. The third-order valence-electron chi connectivity index (χ3n) is 7.25. The van der Waals surface area contributed by atoms with Crippen LogP contribution >= 0.6 is 0 Å². The van der Waals surface area contributed by atoms with Crippen LogP contribution in [0.5, 0.6) is 11.6 Å². The molecule has 0 N–H and O–H groups in total. The van der Waals surface area contributed by atoms with Gasteiger partial charge in [0.2, 0.25) is 11.8 Å². The highest BCUT2D eigenvalue weighted by Gasteiger charge is 2.24. The minimum Gasteiger partial charge on any atom is -0.462 e. The summed E-state index contributed by atoms with van der Waals surface area (Å²) >= 11 is 0. The summed E-state index contributed by atoms with van der Waals surface area (Å²) in [4.78, 5) is 26.2. The van der Waals surface area contributed by atoms with E-state index in [0.29, 0.717) is 55.5 Å². The maximum Gasteiger partial charge on any atom is 0.345 e. The summed E-state index contributed by atoms with van der Waals surface area (Å²) in [5.74, 6) is 0.420. The fourth-order valence-electron chi connectivity index (χ4n) is 5.02. The molecule has 0 radical (unpaired) electrons.